The van der Waals surface area contributed by atoms with Gasteiger partial charge in [0.1, 0.15) is 0 Å². The average molecular weight is 313 g/mol. The quantitative estimate of drug-likeness (QED) is 0.817. The van der Waals surface area contributed by atoms with Crippen LogP contribution in [0.15, 0.2) is 30.3 Å². The SMILES string of the molecule is O=C(c1nc2n(n1)[C@H](c1ccccc1)C[C@@H]2F)C12COCC1C2. The van der Waals surface area contributed by atoms with Gasteiger partial charge in [0.15, 0.2) is 12.0 Å². The average Bonchev–Trinajstić information content (AvgIpc) is 2.94. The summed E-state index contributed by atoms with van der Waals surface area (Å²) < 4.78 is 21.3. The first-order valence-corrected chi connectivity index (χ1v) is 7.97. The zero-order chi connectivity index (χ0) is 15.6. The van der Waals surface area contributed by atoms with Crippen LogP contribution in [0.5, 0.6) is 0 Å². The molecular weight excluding hydrogens is 297 g/mol. The number of carbonyl (C=O) groups excluding carboxylic acids is 1. The van der Waals surface area contributed by atoms with Crippen molar-refractivity contribution in [2.24, 2.45) is 11.3 Å². The number of fused-ring (bicyclic) bond motifs is 2. The van der Waals surface area contributed by atoms with Gasteiger partial charge in [-0.05, 0) is 17.9 Å². The Kier molecular flexibility index (Phi) is 2.60. The van der Waals surface area contributed by atoms with E-state index in [1.165, 1.54) is 0 Å². The Bertz CT molecular complexity index is 790. The van der Waals surface area contributed by atoms with Crippen LogP contribution in [0.1, 0.15) is 47.1 Å². The molecule has 3 aliphatic rings. The van der Waals surface area contributed by atoms with Crippen molar-refractivity contribution < 1.29 is 13.9 Å². The number of halogens is 1. The number of carbonyl (C=O) groups is 1. The second-order valence-electron chi connectivity index (χ2n) is 6.77. The number of Topliss-reactive ketones (excluding diaryl/α,β-unsaturated/α-hetero) is 1. The Balaban J connectivity index is 1.51. The molecule has 118 valence electrons. The van der Waals surface area contributed by atoms with E-state index in [4.69, 9.17) is 4.74 Å². The minimum Gasteiger partial charge on any atom is -0.380 e. The van der Waals surface area contributed by atoms with E-state index in [-0.39, 0.29) is 23.5 Å². The van der Waals surface area contributed by atoms with Crippen LogP contribution in [0, 0.1) is 11.3 Å². The number of ketones is 1. The minimum atomic E-state index is -1.18. The zero-order valence-electron chi connectivity index (χ0n) is 12.5. The van der Waals surface area contributed by atoms with Gasteiger partial charge in [0.05, 0.1) is 24.7 Å². The second kappa shape index (κ2) is 4.47. The van der Waals surface area contributed by atoms with Crippen molar-refractivity contribution >= 4 is 5.78 Å². The molecule has 2 aliphatic heterocycles. The van der Waals surface area contributed by atoms with E-state index >= 15 is 0 Å². The van der Waals surface area contributed by atoms with Gasteiger partial charge in [0.2, 0.25) is 11.6 Å². The molecule has 0 radical (unpaired) electrons. The lowest BCUT2D eigenvalue weighted by Gasteiger charge is -2.11. The molecule has 3 heterocycles. The van der Waals surface area contributed by atoms with Crippen LogP contribution in [0.4, 0.5) is 4.39 Å². The smallest absolute Gasteiger partial charge is 0.218 e. The number of rotatable bonds is 3. The Hall–Kier alpha value is -2.08. The third-order valence-electron chi connectivity index (χ3n) is 5.41. The second-order valence-corrected chi connectivity index (χ2v) is 6.77. The summed E-state index contributed by atoms with van der Waals surface area (Å²) in [4.78, 5) is 17.0. The monoisotopic (exact) mass is 313 g/mol. The summed E-state index contributed by atoms with van der Waals surface area (Å²) in [6.45, 7) is 1.08. The lowest BCUT2D eigenvalue weighted by atomic mass is 10.00. The van der Waals surface area contributed by atoms with Crippen LogP contribution in [-0.2, 0) is 4.74 Å². The molecule has 1 aliphatic carbocycles. The summed E-state index contributed by atoms with van der Waals surface area (Å²) in [5.41, 5.74) is 0.556. The maximum atomic E-state index is 14.4. The molecule has 2 fully saturated rings. The van der Waals surface area contributed by atoms with E-state index in [0.717, 1.165) is 12.0 Å². The van der Waals surface area contributed by atoms with Gasteiger partial charge in [-0.3, -0.25) is 4.79 Å². The number of hydrogen-bond donors (Lipinski definition) is 0. The highest BCUT2D eigenvalue weighted by Crippen LogP contribution is 2.58. The van der Waals surface area contributed by atoms with E-state index in [1.807, 2.05) is 30.3 Å². The van der Waals surface area contributed by atoms with Gasteiger partial charge in [0.25, 0.3) is 0 Å². The van der Waals surface area contributed by atoms with Crippen LogP contribution >= 0.6 is 0 Å². The Morgan fingerprint density at radius 3 is 2.87 bits per heavy atom. The summed E-state index contributed by atoms with van der Waals surface area (Å²) in [5.74, 6) is 0.631. The fourth-order valence-corrected chi connectivity index (χ4v) is 3.95. The molecule has 0 N–H and O–H groups in total. The van der Waals surface area contributed by atoms with Crippen molar-refractivity contribution in [2.75, 3.05) is 13.2 Å². The molecule has 0 bridgehead atoms. The molecule has 1 saturated carbocycles. The van der Waals surface area contributed by atoms with Crippen molar-refractivity contribution in [3.05, 3.63) is 47.5 Å². The third-order valence-corrected chi connectivity index (χ3v) is 5.41. The Morgan fingerprint density at radius 1 is 1.35 bits per heavy atom. The molecular formula is C17H16FN3O2. The molecule has 2 unspecified atom stereocenters. The summed E-state index contributed by atoms with van der Waals surface area (Å²) in [6, 6.07) is 9.49. The fourth-order valence-electron chi connectivity index (χ4n) is 3.95. The molecule has 2 aromatic rings. The van der Waals surface area contributed by atoms with Crippen LogP contribution in [-0.4, -0.2) is 33.8 Å². The molecule has 1 aromatic carbocycles. The highest BCUT2D eigenvalue weighted by Gasteiger charge is 2.64. The van der Waals surface area contributed by atoms with E-state index in [2.05, 4.69) is 10.1 Å². The molecule has 1 aromatic heterocycles. The van der Waals surface area contributed by atoms with E-state index in [0.29, 0.717) is 25.6 Å². The largest absolute Gasteiger partial charge is 0.380 e. The lowest BCUT2D eigenvalue weighted by molar-refractivity contribution is 0.0818. The number of aromatic nitrogens is 3. The molecule has 6 heteroatoms. The first kappa shape index (κ1) is 13.4. The number of benzene rings is 1. The summed E-state index contributed by atoms with van der Waals surface area (Å²) in [5, 5.41) is 4.38. The van der Waals surface area contributed by atoms with E-state index < -0.39 is 11.6 Å². The van der Waals surface area contributed by atoms with Crippen LogP contribution in [0.3, 0.4) is 0 Å². The number of ether oxygens (including phenoxy) is 1. The number of nitrogens with zero attached hydrogens (tertiary/aromatic N) is 3. The highest BCUT2D eigenvalue weighted by atomic mass is 19.1. The van der Waals surface area contributed by atoms with E-state index in [9.17, 15) is 9.18 Å². The van der Waals surface area contributed by atoms with Crippen molar-refractivity contribution in [2.45, 2.75) is 25.1 Å². The zero-order valence-corrected chi connectivity index (χ0v) is 12.5. The Morgan fingerprint density at radius 2 is 2.17 bits per heavy atom. The normalized spacial score (nSPS) is 34.2. The lowest BCUT2D eigenvalue weighted by Crippen LogP contribution is -2.21. The summed E-state index contributed by atoms with van der Waals surface area (Å²) in [7, 11) is 0. The van der Waals surface area contributed by atoms with Crippen molar-refractivity contribution in [1.29, 1.82) is 0 Å². The van der Waals surface area contributed by atoms with Crippen LogP contribution in [0.25, 0.3) is 0 Å². The maximum Gasteiger partial charge on any atom is 0.218 e. The molecule has 23 heavy (non-hydrogen) atoms. The Labute approximate surface area is 132 Å². The first-order chi connectivity index (χ1) is 11.2. The molecule has 4 atom stereocenters. The first-order valence-electron chi connectivity index (χ1n) is 7.97. The fraction of sp³-hybridized carbons (Fsp3) is 0.471. The van der Waals surface area contributed by atoms with Gasteiger partial charge >= 0.3 is 0 Å². The number of hydrogen-bond acceptors (Lipinski definition) is 4. The minimum absolute atomic E-state index is 0.0825. The van der Waals surface area contributed by atoms with Crippen molar-refractivity contribution in [3.8, 4) is 0 Å². The van der Waals surface area contributed by atoms with Gasteiger partial charge < -0.3 is 4.74 Å². The van der Waals surface area contributed by atoms with Gasteiger partial charge in [-0.15, -0.1) is 5.10 Å². The predicted molar refractivity (Wildman–Crippen MR) is 78.8 cm³/mol. The molecule has 5 nitrogen and oxygen atoms in total. The van der Waals surface area contributed by atoms with Crippen LogP contribution in [0.2, 0.25) is 0 Å². The van der Waals surface area contributed by atoms with Gasteiger partial charge in [-0.25, -0.2) is 14.1 Å². The third kappa shape index (κ3) is 1.78. The van der Waals surface area contributed by atoms with Crippen molar-refractivity contribution in [3.63, 3.8) is 0 Å². The van der Waals surface area contributed by atoms with Crippen LogP contribution < -0.4 is 0 Å². The standard InChI is InChI=1S/C17H16FN3O2/c18-12-6-13(10-4-2-1-3-5-10)21-16(12)19-15(20-21)14(22)17-7-11(17)8-23-9-17/h1-5,11-13H,6-9H2/t11?,12-,13-,17?/m0/s1. The molecule has 5 rings (SSSR count). The van der Waals surface area contributed by atoms with Gasteiger partial charge in [-0.1, -0.05) is 30.3 Å². The topological polar surface area (TPSA) is 57.0 Å². The van der Waals surface area contributed by atoms with Crippen molar-refractivity contribution in [1.82, 2.24) is 14.8 Å². The summed E-state index contributed by atoms with van der Waals surface area (Å²) in [6.07, 6.45) is -0.0109. The molecule has 1 saturated heterocycles. The maximum absolute atomic E-state index is 14.4. The highest BCUT2D eigenvalue weighted by molar-refractivity contribution is 6.00. The molecule has 0 amide bonds. The molecule has 0 spiro atoms. The summed E-state index contributed by atoms with van der Waals surface area (Å²) >= 11 is 0. The van der Waals surface area contributed by atoms with Gasteiger partial charge in [-0.2, -0.15) is 0 Å². The van der Waals surface area contributed by atoms with E-state index in [1.54, 1.807) is 4.68 Å². The predicted octanol–water partition coefficient (Wildman–Crippen LogP) is 2.50. The number of alkyl halides is 1. The van der Waals surface area contributed by atoms with Gasteiger partial charge in [0, 0.05) is 6.42 Å².